The minimum Gasteiger partial charge on any atom is -0.384 e. The van der Waals surface area contributed by atoms with Crippen molar-refractivity contribution >= 4 is 29.2 Å². The van der Waals surface area contributed by atoms with Crippen molar-refractivity contribution < 1.29 is 4.74 Å². The molecular weight excluding hydrogens is 256 g/mol. The first-order valence-corrected chi connectivity index (χ1v) is 6.91. The van der Waals surface area contributed by atoms with Gasteiger partial charge < -0.3 is 10.5 Å². The van der Waals surface area contributed by atoms with Crippen LogP contribution in [0.1, 0.15) is 18.4 Å². The van der Waals surface area contributed by atoms with Gasteiger partial charge in [-0.25, -0.2) is 0 Å². The maximum Gasteiger partial charge on any atom is 0.123 e. The van der Waals surface area contributed by atoms with Crippen molar-refractivity contribution in [3.8, 4) is 0 Å². The molecule has 1 unspecified atom stereocenters. The third-order valence-electron chi connectivity index (χ3n) is 2.68. The van der Waals surface area contributed by atoms with Crippen LogP contribution in [0.4, 0.5) is 0 Å². The molecule has 17 heavy (non-hydrogen) atoms. The summed E-state index contributed by atoms with van der Waals surface area (Å²) in [7, 11) is 0. The summed E-state index contributed by atoms with van der Waals surface area (Å²) in [5.41, 5.74) is 6.29. The maximum atomic E-state index is 7.52. The standard InChI is InChI=1S/C12H15ClN2OS/c13-8-3-4-10(12(14)15)11(6-8)17-7-9-2-1-5-16-9/h3-4,6,9H,1-2,5,7H2,(H3,14,15). The Morgan fingerprint density at radius 3 is 3.06 bits per heavy atom. The van der Waals surface area contributed by atoms with Crippen molar-refractivity contribution in [2.75, 3.05) is 12.4 Å². The molecule has 1 fully saturated rings. The Morgan fingerprint density at radius 1 is 1.59 bits per heavy atom. The van der Waals surface area contributed by atoms with E-state index >= 15 is 0 Å². The molecule has 0 spiro atoms. The van der Waals surface area contributed by atoms with Crippen molar-refractivity contribution in [1.82, 2.24) is 0 Å². The fourth-order valence-corrected chi connectivity index (χ4v) is 3.21. The van der Waals surface area contributed by atoms with Crippen LogP contribution in [0.5, 0.6) is 0 Å². The summed E-state index contributed by atoms with van der Waals surface area (Å²) in [5.74, 6) is 0.970. The summed E-state index contributed by atoms with van der Waals surface area (Å²) < 4.78 is 5.57. The van der Waals surface area contributed by atoms with Crippen molar-refractivity contribution in [1.29, 1.82) is 5.41 Å². The van der Waals surface area contributed by atoms with E-state index in [9.17, 15) is 0 Å². The number of amidine groups is 1. The van der Waals surface area contributed by atoms with Crippen LogP contribution >= 0.6 is 23.4 Å². The number of nitrogens with one attached hydrogen (secondary N) is 1. The Morgan fingerprint density at radius 2 is 2.41 bits per heavy atom. The highest BCUT2D eigenvalue weighted by molar-refractivity contribution is 7.99. The van der Waals surface area contributed by atoms with Crippen molar-refractivity contribution in [2.45, 2.75) is 23.8 Å². The summed E-state index contributed by atoms with van der Waals surface area (Å²) in [5, 5.41) is 8.20. The number of halogens is 1. The molecule has 1 aliphatic rings. The molecule has 5 heteroatoms. The van der Waals surface area contributed by atoms with Crippen LogP contribution in [0.15, 0.2) is 23.1 Å². The van der Waals surface area contributed by atoms with Gasteiger partial charge in [0.25, 0.3) is 0 Å². The van der Waals surface area contributed by atoms with Crippen LogP contribution in [0.25, 0.3) is 0 Å². The lowest BCUT2D eigenvalue weighted by atomic mass is 10.2. The first-order valence-electron chi connectivity index (χ1n) is 5.55. The van der Waals surface area contributed by atoms with Gasteiger partial charge in [0.1, 0.15) is 5.84 Å². The van der Waals surface area contributed by atoms with Crippen LogP contribution < -0.4 is 5.73 Å². The van der Waals surface area contributed by atoms with Gasteiger partial charge in [0.2, 0.25) is 0 Å². The van der Waals surface area contributed by atoms with Gasteiger partial charge in [0.15, 0.2) is 0 Å². The average molecular weight is 271 g/mol. The van der Waals surface area contributed by atoms with Gasteiger partial charge in [-0.15, -0.1) is 11.8 Å². The number of nitrogens with two attached hydrogens (primary N) is 1. The average Bonchev–Trinajstić information content (AvgIpc) is 2.78. The van der Waals surface area contributed by atoms with E-state index in [1.54, 1.807) is 23.9 Å². The Labute approximate surface area is 110 Å². The SMILES string of the molecule is N=C(N)c1ccc(Cl)cc1SCC1CCCO1. The van der Waals surface area contributed by atoms with E-state index in [1.807, 2.05) is 6.07 Å². The van der Waals surface area contributed by atoms with E-state index in [2.05, 4.69) is 0 Å². The lowest BCUT2D eigenvalue weighted by Crippen LogP contribution is -2.13. The highest BCUT2D eigenvalue weighted by Gasteiger charge is 2.16. The Bertz CT molecular complexity index is 419. The summed E-state index contributed by atoms with van der Waals surface area (Å²) in [6.45, 7) is 0.861. The molecule has 3 N–H and O–H groups in total. The molecule has 1 aromatic rings. The number of nitrogen functional groups attached to an aromatic ring is 1. The van der Waals surface area contributed by atoms with Crippen LogP contribution in [-0.2, 0) is 4.74 Å². The van der Waals surface area contributed by atoms with Crippen molar-refractivity contribution in [2.24, 2.45) is 5.73 Å². The molecule has 1 heterocycles. The van der Waals surface area contributed by atoms with Crippen molar-refractivity contribution in [3.05, 3.63) is 28.8 Å². The molecule has 0 radical (unpaired) electrons. The van der Waals surface area contributed by atoms with Gasteiger partial charge in [0.05, 0.1) is 6.10 Å². The highest BCUT2D eigenvalue weighted by Crippen LogP contribution is 2.28. The van der Waals surface area contributed by atoms with E-state index in [-0.39, 0.29) is 5.84 Å². The lowest BCUT2D eigenvalue weighted by molar-refractivity contribution is 0.129. The second-order valence-corrected chi connectivity index (χ2v) is 5.50. The van der Waals surface area contributed by atoms with Crippen LogP contribution in [-0.4, -0.2) is 24.3 Å². The van der Waals surface area contributed by atoms with E-state index in [4.69, 9.17) is 27.5 Å². The fraction of sp³-hybridized carbons (Fsp3) is 0.417. The monoisotopic (exact) mass is 270 g/mol. The van der Waals surface area contributed by atoms with Gasteiger partial charge in [-0.3, -0.25) is 5.41 Å². The molecule has 0 bridgehead atoms. The molecule has 0 aliphatic carbocycles. The first kappa shape index (κ1) is 12.7. The van der Waals surface area contributed by atoms with Gasteiger partial charge in [-0.05, 0) is 31.0 Å². The molecule has 1 atom stereocenters. The van der Waals surface area contributed by atoms with E-state index in [0.717, 1.165) is 35.7 Å². The summed E-state index contributed by atoms with van der Waals surface area (Å²) in [4.78, 5) is 0.959. The number of rotatable bonds is 4. The molecule has 0 amide bonds. The molecule has 0 saturated carbocycles. The van der Waals surface area contributed by atoms with Gasteiger partial charge >= 0.3 is 0 Å². The second-order valence-electron chi connectivity index (χ2n) is 4.00. The first-order chi connectivity index (χ1) is 8.16. The number of hydrogen-bond acceptors (Lipinski definition) is 3. The predicted molar refractivity (Wildman–Crippen MR) is 72.2 cm³/mol. The van der Waals surface area contributed by atoms with Gasteiger partial charge in [0, 0.05) is 27.8 Å². The van der Waals surface area contributed by atoms with E-state index in [0.29, 0.717) is 11.1 Å². The van der Waals surface area contributed by atoms with Crippen LogP contribution in [0.3, 0.4) is 0 Å². The molecule has 1 aliphatic heterocycles. The minimum atomic E-state index is 0.0801. The molecule has 2 rings (SSSR count). The quantitative estimate of drug-likeness (QED) is 0.502. The smallest absolute Gasteiger partial charge is 0.123 e. The third-order valence-corrected chi connectivity index (χ3v) is 4.10. The summed E-state index contributed by atoms with van der Waals surface area (Å²) >= 11 is 7.62. The summed E-state index contributed by atoms with van der Waals surface area (Å²) in [6.07, 6.45) is 2.57. The number of hydrogen-bond donors (Lipinski definition) is 2. The summed E-state index contributed by atoms with van der Waals surface area (Å²) in [6, 6.07) is 5.41. The Hall–Kier alpha value is -0.710. The number of ether oxygens (including phenoxy) is 1. The maximum absolute atomic E-state index is 7.52. The predicted octanol–water partition coefficient (Wildman–Crippen LogP) is 2.90. The normalized spacial score (nSPS) is 19.5. The topological polar surface area (TPSA) is 59.1 Å². The molecule has 0 aromatic heterocycles. The molecular formula is C12H15ClN2OS. The minimum absolute atomic E-state index is 0.0801. The van der Waals surface area contributed by atoms with Crippen LogP contribution in [0, 0.1) is 5.41 Å². The fourth-order valence-electron chi connectivity index (χ4n) is 1.80. The van der Waals surface area contributed by atoms with E-state index < -0.39 is 0 Å². The highest BCUT2D eigenvalue weighted by atomic mass is 35.5. The largest absolute Gasteiger partial charge is 0.384 e. The zero-order valence-electron chi connectivity index (χ0n) is 9.41. The molecule has 1 aromatic carbocycles. The molecule has 1 saturated heterocycles. The number of thioether (sulfide) groups is 1. The van der Waals surface area contributed by atoms with Crippen LogP contribution in [0.2, 0.25) is 5.02 Å². The lowest BCUT2D eigenvalue weighted by Gasteiger charge is -2.11. The molecule has 92 valence electrons. The number of benzene rings is 1. The van der Waals surface area contributed by atoms with Gasteiger partial charge in [-0.2, -0.15) is 0 Å². The zero-order chi connectivity index (χ0) is 12.3. The molecule has 3 nitrogen and oxygen atoms in total. The van der Waals surface area contributed by atoms with E-state index in [1.165, 1.54) is 0 Å². The Kier molecular flexibility index (Phi) is 4.31. The second kappa shape index (κ2) is 5.76. The Balaban J connectivity index is 2.07. The van der Waals surface area contributed by atoms with Crippen molar-refractivity contribution in [3.63, 3.8) is 0 Å². The van der Waals surface area contributed by atoms with Gasteiger partial charge in [-0.1, -0.05) is 11.6 Å². The third kappa shape index (κ3) is 3.37. The zero-order valence-corrected chi connectivity index (χ0v) is 11.0.